The third kappa shape index (κ3) is 29.1. The van der Waals surface area contributed by atoms with Crippen LogP contribution in [0.4, 0.5) is 0 Å². The molecule has 0 aliphatic carbocycles. The predicted molar refractivity (Wildman–Crippen MR) is 196 cm³/mol. The highest BCUT2D eigenvalue weighted by molar-refractivity contribution is 5.69. The van der Waals surface area contributed by atoms with E-state index in [1.807, 2.05) is 0 Å². The van der Waals surface area contributed by atoms with Gasteiger partial charge >= 0.3 is 11.9 Å². The zero-order valence-electron chi connectivity index (χ0n) is 32.1. The largest absolute Gasteiger partial charge is 0.465 e. The number of carbonyl (C=O) groups excluding carboxylic acids is 2. The number of unbranched alkanes of at least 4 members (excludes halogenated alkanes) is 12. The monoisotopic (exact) mass is 653 g/mol. The van der Waals surface area contributed by atoms with Crippen LogP contribution >= 0.6 is 0 Å². The molecule has 0 rings (SSSR count). The fraction of sp³-hybridized carbons (Fsp3) is 0.951. The summed E-state index contributed by atoms with van der Waals surface area (Å²) in [5.74, 6) is 3.40. The maximum Gasteiger partial charge on any atom is 0.305 e. The molecule has 46 heavy (non-hydrogen) atoms. The van der Waals surface area contributed by atoms with Crippen LogP contribution in [0.25, 0.3) is 0 Å². The minimum atomic E-state index is -0.154. The van der Waals surface area contributed by atoms with Crippen molar-refractivity contribution in [2.45, 2.75) is 203 Å². The van der Waals surface area contributed by atoms with Crippen molar-refractivity contribution in [3.63, 3.8) is 0 Å². The molecule has 0 saturated heterocycles. The van der Waals surface area contributed by atoms with Crippen LogP contribution in [-0.4, -0.2) is 36.4 Å². The fourth-order valence-corrected chi connectivity index (χ4v) is 6.07. The lowest BCUT2D eigenvalue weighted by Gasteiger charge is -2.21. The Morgan fingerprint density at radius 2 is 0.739 bits per heavy atom. The van der Waals surface area contributed by atoms with E-state index in [4.69, 9.17) is 9.47 Å². The molecule has 0 bridgehead atoms. The van der Waals surface area contributed by atoms with Crippen molar-refractivity contribution in [2.24, 2.45) is 35.5 Å². The van der Waals surface area contributed by atoms with Gasteiger partial charge in [0.05, 0.1) is 19.3 Å². The average Bonchev–Trinajstić information content (AvgIpc) is 2.98. The van der Waals surface area contributed by atoms with Crippen LogP contribution in [0, 0.1) is 35.5 Å². The van der Waals surface area contributed by atoms with Gasteiger partial charge in [0.15, 0.2) is 0 Å². The number of rotatable bonds is 32. The van der Waals surface area contributed by atoms with Crippen molar-refractivity contribution in [1.82, 2.24) is 0 Å². The number of aliphatic hydroxyl groups is 1. The molecular weight excluding hydrogens is 572 g/mol. The lowest BCUT2D eigenvalue weighted by molar-refractivity contribution is -0.146. The molecule has 5 nitrogen and oxygen atoms in total. The summed E-state index contributed by atoms with van der Waals surface area (Å²) in [6, 6.07) is 0. The Bertz CT molecular complexity index is 643. The summed E-state index contributed by atoms with van der Waals surface area (Å²) in [6.07, 6.45) is 23.4. The van der Waals surface area contributed by atoms with Crippen molar-refractivity contribution in [3.05, 3.63) is 0 Å². The molecule has 274 valence electrons. The zero-order valence-corrected chi connectivity index (χ0v) is 32.1. The van der Waals surface area contributed by atoms with Gasteiger partial charge in [-0.1, -0.05) is 145 Å². The number of hydrogen-bond acceptors (Lipinski definition) is 5. The van der Waals surface area contributed by atoms with Gasteiger partial charge in [0.2, 0.25) is 0 Å². The summed E-state index contributed by atoms with van der Waals surface area (Å²) in [5, 5.41) is 10.3. The number of carbonyl (C=O) groups is 2. The Hall–Kier alpha value is -1.10. The lowest BCUT2D eigenvalue weighted by Crippen LogP contribution is -2.19. The molecule has 5 heteroatoms. The van der Waals surface area contributed by atoms with E-state index in [1.54, 1.807) is 0 Å². The number of aliphatic hydroxyl groups excluding tert-OH is 1. The average molecular weight is 653 g/mol. The molecule has 0 aliphatic rings. The van der Waals surface area contributed by atoms with Crippen LogP contribution in [0.3, 0.4) is 0 Å². The van der Waals surface area contributed by atoms with Gasteiger partial charge < -0.3 is 14.6 Å². The second-order valence-electron chi connectivity index (χ2n) is 16.0. The normalized spacial score (nSPS) is 13.9. The molecule has 2 unspecified atom stereocenters. The number of ether oxygens (including phenoxy) is 2. The first kappa shape index (κ1) is 44.9. The van der Waals surface area contributed by atoms with Gasteiger partial charge in [0, 0.05) is 12.8 Å². The first-order valence-electron chi connectivity index (χ1n) is 19.9. The summed E-state index contributed by atoms with van der Waals surface area (Å²) < 4.78 is 11.2. The Morgan fingerprint density at radius 3 is 1.04 bits per heavy atom. The van der Waals surface area contributed by atoms with Crippen molar-refractivity contribution < 1.29 is 24.2 Å². The van der Waals surface area contributed by atoms with E-state index in [2.05, 4.69) is 55.4 Å². The van der Waals surface area contributed by atoms with Gasteiger partial charge in [-0.05, 0) is 74.0 Å². The maximum atomic E-state index is 12.1. The minimum absolute atomic E-state index is 0.0268. The van der Waals surface area contributed by atoms with Crippen molar-refractivity contribution >= 4 is 11.9 Å². The van der Waals surface area contributed by atoms with Gasteiger partial charge in [-0.25, -0.2) is 0 Å². The first-order chi connectivity index (χ1) is 21.9. The highest BCUT2D eigenvalue weighted by atomic mass is 16.5. The van der Waals surface area contributed by atoms with Crippen molar-refractivity contribution in [1.29, 1.82) is 0 Å². The summed E-state index contributed by atoms with van der Waals surface area (Å²) in [6.45, 7) is 19.1. The summed E-state index contributed by atoms with van der Waals surface area (Å²) in [4.78, 5) is 24.3. The smallest absolute Gasteiger partial charge is 0.305 e. The van der Waals surface area contributed by atoms with Crippen LogP contribution in [0.1, 0.15) is 197 Å². The summed E-state index contributed by atoms with van der Waals surface area (Å²) in [7, 11) is 0. The number of hydrogen-bond donors (Lipinski definition) is 1. The first-order valence-corrected chi connectivity index (χ1v) is 19.9. The van der Waals surface area contributed by atoms with E-state index in [9.17, 15) is 14.7 Å². The SMILES string of the molecule is CC(C)CCC(COC(=O)CCCCCCCCCC(O)CCCCCCCCCC(=O)OCC(CCC(C)C)C(C)C)C(C)C. The van der Waals surface area contributed by atoms with Gasteiger partial charge in [-0.3, -0.25) is 9.59 Å². The van der Waals surface area contributed by atoms with E-state index in [0.717, 1.165) is 64.2 Å². The van der Waals surface area contributed by atoms with Crippen LogP contribution in [-0.2, 0) is 19.1 Å². The third-order valence-electron chi connectivity index (χ3n) is 9.87. The van der Waals surface area contributed by atoms with Gasteiger partial charge in [-0.15, -0.1) is 0 Å². The van der Waals surface area contributed by atoms with Crippen LogP contribution in [0.5, 0.6) is 0 Å². The molecule has 0 aromatic heterocycles. The third-order valence-corrected chi connectivity index (χ3v) is 9.87. The highest BCUT2D eigenvalue weighted by Crippen LogP contribution is 2.22. The van der Waals surface area contributed by atoms with E-state index < -0.39 is 0 Å². The molecule has 0 aliphatic heterocycles. The molecule has 1 N–H and O–H groups in total. The molecule has 0 fully saturated rings. The second-order valence-corrected chi connectivity index (χ2v) is 16.0. The Kier molecular flexibility index (Phi) is 29.3. The standard InChI is InChI=1S/C41H80O5/c1-33(2)27-29-37(35(5)6)31-45-40(43)25-21-17-13-9-11-15-19-23-39(42)24-20-16-12-10-14-18-22-26-41(44)46-32-38(36(7)8)30-28-34(3)4/h33-39,42H,9-32H2,1-8H3. The molecule has 0 radical (unpaired) electrons. The van der Waals surface area contributed by atoms with Gasteiger partial charge in [0.1, 0.15) is 0 Å². The van der Waals surface area contributed by atoms with Crippen LogP contribution in [0.2, 0.25) is 0 Å². The molecule has 0 heterocycles. The molecule has 0 spiro atoms. The fourth-order valence-electron chi connectivity index (χ4n) is 6.07. The summed E-state index contributed by atoms with van der Waals surface area (Å²) >= 11 is 0. The number of esters is 2. The summed E-state index contributed by atoms with van der Waals surface area (Å²) in [5.41, 5.74) is 0. The van der Waals surface area contributed by atoms with Crippen molar-refractivity contribution in [3.8, 4) is 0 Å². The van der Waals surface area contributed by atoms with E-state index in [1.165, 1.54) is 64.2 Å². The van der Waals surface area contributed by atoms with E-state index in [-0.39, 0.29) is 18.0 Å². The maximum absolute atomic E-state index is 12.1. The second kappa shape index (κ2) is 30.0. The molecule has 2 atom stereocenters. The molecular formula is C41H80O5. The lowest BCUT2D eigenvalue weighted by atomic mass is 9.89. The van der Waals surface area contributed by atoms with Gasteiger partial charge in [0.25, 0.3) is 0 Å². The molecule has 0 amide bonds. The molecule has 0 saturated carbocycles. The predicted octanol–water partition coefficient (Wildman–Crippen LogP) is 11.9. The topological polar surface area (TPSA) is 72.8 Å². The minimum Gasteiger partial charge on any atom is -0.465 e. The highest BCUT2D eigenvalue weighted by Gasteiger charge is 2.17. The molecule has 0 aromatic rings. The van der Waals surface area contributed by atoms with E-state index in [0.29, 0.717) is 61.6 Å². The Morgan fingerprint density at radius 1 is 0.435 bits per heavy atom. The van der Waals surface area contributed by atoms with E-state index >= 15 is 0 Å². The van der Waals surface area contributed by atoms with Crippen molar-refractivity contribution in [2.75, 3.05) is 13.2 Å². The van der Waals surface area contributed by atoms with Crippen LogP contribution < -0.4 is 0 Å². The molecule has 0 aromatic carbocycles. The quantitative estimate of drug-likeness (QED) is 0.0578. The van der Waals surface area contributed by atoms with Crippen LogP contribution in [0.15, 0.2) is 0 Å². The Labute approximate surface area is 287 Å². The van der Waals surface area contributed by atoms with Gasteiger partial charge in [-0.2, -0.15) is 0 Å². The zero-order chi connectivity index (χ0) is 34.6. The Balaban J connectivity index is 3.57.